The van der Waals surface area contributed by atoms with Crippen molar-refractivity contribution in [1.82, 2.24) is 9.80 Å². The summed E-state index contributed by atoms with van der Waals surface area (Å²) in [6.45, 7) is 7.98. The average Bonchev–Trinajstić information content (AvgIpc) is 3.13. The zero-order valence-electron chi connectivity index (χ0n) is 14.9. The number of amides is 2. The summed E-state index contributed by atoms with van der Waals surface area (Å²) < 4.78 is 0. The predicted octanol–water partition coefficient (Wildman–Crippen LogP) is 3.74. The highest BCUT2D eigenvalue weighted by molar-refractivity contribution is 7.08. The van der Waals surface area contributed by atoms with Gasteiger partial charge in [-0.05, 0) is 52.9 Å². The van der Waals surface area contributed by atoms with Gasteiger partial charge in [-0.25, -0.2) is 0 Å². The lowest BCUT2D eigenvalue weighted by atomic mass is 10.0. The fraction of sp³-hybridized carbons (Fsp3) is 0.400. The number of benzene rings is 1. The van der Waals surface area contributed by atoms with Crippen molar-refractivity contribution < 1.29 is 9.59 Å². The first kappa shape index (κ1) is 17.7. The summed E-state index contributed by atoms with van der Waals surface area (Å²) in [4.78, 5) is 29.0. The van der Waals surface area contributed by atoms with Crippen LogP contribution in [0.2, 0.25) is 0 Å². The Hall–Kier alpha value is -2.14. The fourth-order valence-corrected chi connectivity index (χ4v) is 3.89. The van der Waals surface area contributed by atoms with Crippen molar-refractivity contribution >= 4 is 23.2 Å². The van der Waals surface area contributed by atoms with Gasteiger partial charge in [-0.3, -0.25) is 9.59 Å². The monoisotopic (exact) mass is 356 g/mol. The van der Waals surface area contributed by atoms with E-state index in [0.717, 1.165) is 17.7 Å². The molecule has 2 aromatic rings. The predicted molar refractivity (Wildman–Crippen MR) is 102 cm³/mol. The normalized spacial score (nSPS) is 18.1. The quantitative estimate of drug-likeness (QED) is 0.837. The van der Waals surface area contributed by atoms with Gasteiger partial charge >= 0.3 is 0 Å². The average molecular weight is 356 g/mol. The molecular formula is C20H24N2O2S. The summed E-state index contributed by atoms with van der Waals surface area (Å²) in [5, 5.41) is 4.13. The standard InChI is InChI=1S/C20H24N2O2S/c1-14(2)12-21-9-10-22(15(3)19(21)23)20(24)17-6-4-16(5-7-17)18-8-11-25-13-18/h4-8,11,13-15H,9-10,12H2,1-3H3/t15-/m1/s1. The van der Waals surface area contributed by atoms with Crippen LogP contribution in [0.15, 0.2) is 41.1 Å². The Morgan fingerprint density at radius 3 is 2.48 bits per heavy atom. The molecule has 3 rings (SSSR count). The second kappa shape index (κ2) is 7.40. The van der Waals surface area contributed by atoms with Gasteiger partial charge in [0.25, 0.3) is 5.91 Å². The van der Waals surface area contributed by atoms with Gasteiger partial charge < -0.3 is 9.80 Å². The Labute approximate surface area is 153 Å². The lowest BCUT2D eigenvalue weighted by Crippen LogP contribution is -2.58. The van der Waals surface area contributed by atoms with E-state index in [9.17, 15) is 9.59 Å². The molecule has 2 heterocycles. The number of piperazine rings is 1. The van der Waals surface area contributed by atoms with Crippen LogP contribution in [-0.2, 0) is 4.79 Å². The number of nitrogens with zero attached hydrogens (tertiary/aromatic N) is 2. The van der Waals surface area contributed by atoms with E-state index in [1.807, 2.05) is 41.5 Å². The van der Waals surface area contributed by atoms with Crippen molar-refractivity contribution in [3.8, 4) is 11.1 Å². The lowest BCUT2D eigenvalue weighted by molar-refractivity contribution is -0.140. The summed E-state index contributed by atoms with van der Waals surface area (Å²) in [6.07, 6.45) is 0. The molecule has 1 saturated heterocycles. The molecule has 5 heteroatoms. The second-order valence-electron chi connectivity index (χ2n) is 6.94. The maximum absolute atomic E-state index is 12.8. The zero-order valence-corrected chi connectivity index (χ0v) is 15.8. The fourth-order valence-electron chi connectivity index (χ4n) is 3.23. The van der Waals surface area contributed by atoms with Gasteiger partial charge in [-0.15, -0.1) is 0 Å². The van der Waals surface area contributed by atoms with Crippen LogP contribution in [0.1, 0.15) is 31.1 Å². The third kappa shape index (κ3) is 3.76. The molecule has 4 nitrogen and oxygen atoms in total. The van der Waals surface area contributed by atoms with Crippen LogP contribution in [0.25, 0.3) is 11.1 Å². The molecule has 0 N–H and O–H groups in total. The van der Waals surface area contributed by atoms with Crippen LogP contribution in [0.5, 0.6) is 0 Å². The molecule has 25 heavy (non-hydrogen) atoms. The third-order valence-corrected chi connectivity index (χ3v) is 5.26. The van der Waals surface area contributed by atoms with Crippen molar-refractivity contribution in [3.05, 3.63) is 46.7 Å². The molecule has 132 valence electrons. The number of hydrogen-bond acceptors (Lipinski definition) is 3. The van der Waals surface area contributed by atoms with Crippen molar-refractivity contribution in [2.45, 2.75) is 26.8 Å². The summed E-state index contributed by atoms with van der Waals surface area (Å²) in [6, 6.07) is 9.31. The maximum Gasteiger partial charge on any atom is 0.254 e. The van der Waals surface area contributed by atoms with E-state index in [0.29, 0.717) is 24.6 Å². The Kier molecular flexibility index (Phi) is 5.23. The minimum Gasteiger partial charge on any atom is -0.339 e. The highest BCUT2D eigenvalue weighted by Gasteiger charge is 2.34. The molecule has 0 aliphatic carbocycles. The summed E-state index contributed by atoms with van der Waals surface area (Å²) in [5.41, 5.74) is 2.90. The van der Waals surface area contributed by atoms with Crippen molar-refractivity contribution in [2.75, 3.05) is 19.6 Å². The topological polar surface area (TPSA) is 40.6 Å². The molecule has 1 atom stereocenters. The van der Waals surface area contributed by atoms with Gasteiger partial charge in [0.1, 0.15) is 6.04 Å². The third-order valence-electron chi connectivity index (χ3n) is 4.58. The van der Waals surface area contributed by atoms with E-state index in [1.54, 1.807) is 16.2 Å². The number of carbonyl (C=O) groups is 2. The molecule has 1 aliphatic heterocycles. The molecule has 0 spiro atoms. The largest absolute Gasteiger partial charge is 0.339 e. The maximum atomic E-state index is 12.8. The number of thiophene rings is 1. The molecule has 1 fully saturated rings. The summed E-state index contributed by atoms with van der Waals surface area (Å²) >= 11 is 1.66. The van der Waals surface area contributed by atoms with Crippen LogP contribution in [0.4, 0.5) is 0 Å². The van der Waals surface area contributed by atoms with Gasteiger partial charge in [0.05, 0.1) is 0 Å². The van der Waals surface area contributed by atoms with Gasteiger partial charge in [-0.1, -0.05) is 26.0 Å². The van der Waals surface area contributed by atoms with Crippen LogP contribution >= 0.6 is 11.3 Å². The zero-order chi connectivity index (χ0) is 18.0. The molecule has 0 unspecified atom stereocenters. The summed E-state index contributed by atoms with van der Waals surface area (Å²) in [5.74, 6) is 0.410. The van der Waals surface area contributed by atoms with Gasteiger partial charge in [-0.2, -0.15) is 11.3 Å². The highest BCUT2D eigenvalue weighted by Crippen LogP contribution is 2.23. The first-order chi connectivity index (χ1) is 12.0. The van der Waals surface area contributed by atoms with E-state index in [2.05, 4.69) is 25.3 Å². The van der Waals surface area contributed by atoms with Crippen LogP contribution in [0, 0.1) is 5.92 Å². The molecule has 0 bridgehead atoms. The van der Waals surface area contributed by atoms with Gasteiger partial charge in [0.15, 0.2) is 0 Å². The Bertz CT molecular complexity index is 738. The lowest BCUT2D eigenvalue weighted by Gasteiger charge is -2.39. The second-order valence-corrected chi connectivity index (χ2v) is 7.72. The number of carbonyl (C=O) groups excluding carboxylic acids is 2. The first-order valence-electron chi connectivity index (χ1n) is 8.69. The van der Waals surface area contributed by atoms with Crippen molar-refractivity contribution in [2.24, 2.45) is 5.92 Å². The number of rotatable bonds is 4. The minimum atomic E-state index is -0.406. The van der Waals surface area contributed by atoms with E-state index >= 15 is 0 Å². The smallest absolute Gasteiger partial charge is 0.254 e. The van der Waals surface area contributed by atoms with E-state index in [4.69, 9.17) is 0 Å². The molecule has 0 saturated carbocycles. The van der Waals surface area contributed by atoms with E-state index < -0.39 is 6.04 Å². The SMILES string of the molecule is CC(C)CN1CCN(C(=O)c2ccc(-c3ccsc3)cc2)[C@H](C)C1=O. The molecule has 1 aromatic carbocycles. The summed E-state index contributed by atoms with van der Waals surface area (Å²) in [7, 11) is 0. The minimum absolute atomic E-state index is 0.0446. The Morgan fingerprint density at radius 1 is 1.16 bits per heavy atom. The van der Waals surface area contributed by atoms with Crippen LogP contribution in [-0.4, -0.2) is 47.3 Å². The van der Waals surface area contributed by atoms with Crippen LogP contribution < -0.4 is 0 Å². The highest BCUT2D eigenvalue weighted by atomic mass is 32.1. The number of hydrogen-bond donors (Lipinski definition) is 0. The first-order valence-corrected chi connectivity index (χ1v) is 9.64. The van der Waals surface area contributed by atoms with Gasteiger partial charge in [0.2, 0.25) is 5.91 Å². The molecular weight excluding hydrogens is 332 g/mol. The molecule has 0 radical (unpaired) electrons. The van der Waals surface area contributed by atoms with E-state index in [1.165, 1.54) is 0 Å². The molecule has 2 amide bonds. The van der Waals surface area contributed by atoms with Crippen LogP contribution in [0.3, 0.4) is 0 Å². The Balaban J connectivity index is 1.72. The van der Waals surface area contributed by atoms with Crippen molar-refractivity contribution in [3.63, 3.8) is 0 Å². The molecule has 1 aliphatic rings. The molecule has 1 aromatic heterocycles. The van der Waals surface area contributed by atoms with Crippen molar-refractivity contribution in [1.29, 1.82) is 0 Å². The Morgan fingerprint density at radius 2 is 1.88 bits per heavy atom. The van der Waals surface area contributed by atoms with E-state index in [-0.39, 0.29) is 11.8 Å². The van der Waals surface area contributed by atoms with Gasteiger partial charge in [0, 0.05) is 25.2 Å².